The molecule has 192 valence electrons. The van der Waals surface area contributed by atoms with E-state index in [1.807, 2.05) is 39.0 Å². The lowest BCUT2D eigenvalue weighted by molar-refractivity contribution is -0.140. The van der Waals surface area contributed by atoms with Crippen LogP contribution in [0.5, 0.6) is 5.75 Å². The van der Waals surface area contributed by atoms with Crippen molar-refractivity contribution in [3.8, 4) is 5.75 Å². The number of sulfonamides is 1. The van der Waals surface area contributed by atoms with Crippen molar-refractivity contribution in [2.45, 2.75) is 59.7 Å². The summed E-state index contributed by atoms with van der Waals surface area (Å²) in [4.78, 5) is 28.1. The fourth-order valence-corrected chi connectivity index (χ4v) is 4.72. The molecule has 0 aliphatic heterocycles. The number of hydrogen-bond acceptors (Lipinski definition) is 5. The Hall–Kier alpha value is -3.07. The molecule has 0 spiro atoms. The van der Waals surface area contributed by atoms with Gasteiger partial charge in [0, 0.05) is 12.1 Å². The highest BCUT2D eigenvalue weighted by Gasteiger charge is 2.32. The topological polar surface area (TPSA) is 96.0 Å². The third-order valence-electron chi connectivity index (χ3n) is 5.55. The minimum absolute atomic E-state index is 0.131. The molecule has 0 radical (unpaired) electrons. The monoisotopic (exact) mass is 503 g/mol. The van der Waals surface area contributed by atoms with Crippen molar-refractivity contribution in [1.29, 1.82) is 0 Å². The van der Waals surface area contributed by atoms with E-state index in [1.54, 1.807) is 52.1 Å². The number of benzene rings is 2. The molecule has 8 nitrogen and oxygen atoms in total. The van der Waals surface area contributed by atoms with Gasteiger partial charge in [0.15, 0.2) is 0 Å². The van der Waals surface area contributed by atoms with Crippen LogP contribution in [0, 0.1) is 13.8 Å². The molecule has 2 aromatic carbocycles. The Labute approximate surface area is 209 Å². The summed E-state index contributed by atoms with van der Waals surface area (Å²) in [5, 5.41) is 2.91. The number of para-hydroxylation sites is 1. The first-order valence-corrected chi connectivity index (χ1v) is 13.3. The lowest BCUT2D eigenvalue weighted by Crippen LogP contribution is -2.54. The molecule has 2 amide bonds. The fourth-order valence-electron chi connectivity index (χ4n) is 3.76. The van der Waals surface area contributed by atoms with Gasteiger partial charge >= 0.3 is 0 Å². The second-order valence-electron chi connectivity index (χ2n) is 9.79. The molecule has 0 fully saturated rings. The zero-order valence-electron chi connectivity index (χ0n) is 21.9. The normalized spacial score (nSPS) is 12.6. The highest BCUT2D eigenvalue weighted by molar-refractivity contribution is 7.92. The van der Waals surface area contributed by atoms with E-state index in [9.17, 15) is 18.0 Å². The molecule has 0 unspecified atom stereocenters. The summed E-state index contributed by atoms with van der Waals surface area (Å²) in [6.45, 7) is 10.5. The SMILES string of the molecule is COc1ccc(CN(C(=O)CN(c2c(C)cccc2C)S(C)(=O)=O)[C@@H](C)C(=O)NC(C)(C)C)cc1. The average molecular weight is 504 g/mol. The molecule has 0 aliphatic carbocycles. The van der Waals surface area contributed by atoms with Gasteiger partial charge in [-0.3, -0.25) is 13.9 Å². The Kier molecular flexibility index (Phi) is 8.94. The second kappa shape index (κ2) is 11.1. The number of rotatable bonds is 9. The molecule has 1 atom stereocenters. The number of aryl methyl sites for hydroxylation is 2. The van der Waals surface area contributed by atoms with Crippen molar-refractivity contribution in [3.63, 3.8) is 0 Å². The maximum absolute atomic E-state index is 13.7. The van der Waals surface area contributed by atoms with E-state index in [2.05, 4.69) is 5.32 Å². The van der Waals surface area contributed by atoms with Crippen LogP contribution < -0.4 is 14.4 Å². The van der Waals surface area contributed by atoms with Crippen LogP contribution in [0.2, 0.25) is 0 Å². The van der Waals surface area contributed by atoms with Gasteiger partial charge in [0.1, 0.15) is 18.3 Å². The number of methoxy groups -OCH3 is 1. The minimum Gasteiger partial charge on any atom is -0.497 e. The van der Waals surface area contributed by atoms with E-state index < -0.39 is 34.1 Å². The number of nitrogens with one attached hydrogen (secondary N) is 1. The van der Waals surface area contributed by atoms with Crippen LogP contribution in [0.1, 0.15) is 44.4 Å². The summed E-state index contributed by atoms with van der Waals surface area (Å²) in [7, 11) is -2.21. The third-order valence-corrected chi connectivity index (χ3v) is 6.66. The maximum Gasteiger partial charge on any atom is 0.244 e. The predicted octanol–water partition coefficient (Wildman–Crippen LogP) is 3.41. The first kappa shape index (κ1) is 28.2. The Bertz CT molecular complexity index is 1130. The van der Waals surface area contributed by atoms with Crippen molar-refractivity contribution in [2.75, 3.05) is 24.2 Å². The van der Waals surface area contributed by atoms with Crippen LogP contribution in [0.4, 0.5) is 5.69 Å². The van der Waals surface area contributed by atoms with Gasteiger partial charge in [-0.15, -0.1) is 0 Å². The van der Waals surface area contributed by atoms with Crippen molar-refractivity contribution in [3.05, 3.63) is 59.2 Å². The van der Waals surface area contributed by atoms with E-state index in [4.69, 9.17) is 4.74 Å². The molecular weight excluding hydrogens is 466 g/mol. The van der Waals surface area contributed by atoms with Gasteiger partial charge in [-0.25, -0.2) is 8.42 Å². The van der Waals surface area contributed by atoms with Crippen LogP contribution in [0.3, 0.4) is 0 Å². The molecule has 1 N–H and O–H groups in total. The van der Waals surface area contributed by atoms with Crippen molar-refractivity contribution in [2.24, 2.45) is 0 Å². The molecular formula is C26H37N3O5S. The molecule has 2 rings (SSSR count). The zero-order valence-corrected chi connectivity index (χ0v) is 22.7. The van der Waals surface area contributed by atoms with E-state index in [0.717, 1.165) is 27.3 Å². The van der Waals surface area contributed by atoms with Crippen LogP contribution in [-0.4, -0.2) is 56.6 Å². The predicted molar refractivity (Wildman–Crippen MR) is 139 cm³/mol. The number of hydrogen-bond donors (Lipinski definition) is 1. The lowest BCUT2D eigenvalue weighted by atomic mass is 10.1. The standard InChI is InChI=1S/C26H37N3O5S/c1-18-10-9-11-19(2)24(18)29(35(8,32)33)17-23(30)28(20(3)25(31)27-26(4,5)6)16-21-12-14-22(34-7)15-13-21/h9-15,20H,16-17H2,1-8H3,(H,27,31)/t20-/m0/s1. The van der Waals surface area contributed by atoms with Crippen molar-refractivity contribution in [1.82, 2.24) is 10.2 Å². The number of anilines is 1. The summed E-state index contributed by atoms with van der Waals surface area (Å²) < 4.78 is 31.9. The molecule has 0 aliphatic rings. The Morgan fingerprint density at radius 1 is 1.03 bits per heavy atom. The first-order chi connectivity index (χ1) is 16.1. The number of carbonyl (C=O) groups excluding carboxylic acids is 2. The van der Waals surface area contributed by atoms with Gasteiger partial charge in [0.25, 0.3) is 0 Å². The van der Waals surface area contributed by atoms with Crippen LogP contribution >= 0.6 is 0 Å². The summed E-state index contributed by atoms with van der Waals surface area (Å²) in [6.07, 6.45) is 1.08. The number of carbonyl (C=O) groups is 2. The molecule has 0 bridgehead atoms. The number of ether oxygens (including phenoxy) is 1. The van der Waals surface area contributed by atoms with Crippen LogP contribution in [-0.2, 0) is 26.2 Å². The lowest BCUT2D eigenvalue weighted by Gasteiger charge is -2.33. The number of amides is 2. The quantitative estimate of drug-likeness (QED) is 0.566. The van der Waals surface area contributed by atoms with Crippen LogP contribution in [0.15, 0.2) is 42.5 Å². The minimum atomic E-state index is -3.78. The second-order valence-corrected chi connectivity index (χ2v) is 11.7. The van der Waals surface area contributed by atoms with Crippen LogP contribution in [0.25, 0.3) is 0 Å². The highest BCUT2D eigenvalue weighted by atomic mass is 32.2. The molecule has 0 saturated heterocycles. The van der Waals surface area contributed by atoms with Gasteiger partial charge in [-0.2, -0.15) is 0 Å². The summed E-state index contributed by atoms with van der Waals surface area (Å²) in [5.41, 5.74) is 2.25. The average Bonchev–Trinajstić information content (AvgIpc) is 2.74. The summed E-state index contributed by atoms with van der Waals surface area (Å²) in [6, 6.07) is 11.8. The number of nitrogens with zero attached hydrogens (tertiary/aromatic N) is 2. The Morgan fingerprint density at radius 2 is 1.57 bits per heavy atom. The Balaban J connectivity index is 2.45. The maximum atomic E-state index is 13.7. The van der Waals surface area contributed by atoms with E-state index in [1.165, 1.54) is 4.90 Å². The molecule has 0 saturated carbocycles. The zero-order chi connectivity index (χ0) is 26.6. The molecule has 9 heteroatoms. The van der Waals surface area contributed by atoms with E-state index in [0.29, 0.717) is 11.4 Å². The highest BCUT2D eigenvalue weighted by Crippen LogP contribution is 2.27. The third kappa shape index (κ3) is 7.71. The molecule has 2 aromatic rings. The van der Waals surface area contributed by atoms with E-state index >= 15 is 0 Å². The van der Waals surface area contributed by atoms with Crippen molar-refractivity contribution >= 4 is 27.5 Å². The molecule has 0 aromatic heterocycles. The largest absolute Gasteiger partial charge is 0.497 e. The fraction of sp³-hybridized carbons (Fsp3) is 0.462. The van der Waals surface area contributed by atoms with Crippen molar-refractivity contribution < 1.29 is 22.7 Å². The summed E-state index contributed by atoms with van der Waals surface area (Å²) >= 11 is 0. The first-order valence-electron chi connectivity index (χ1n) is 11.4. The van der Waals surface area contributed by atoms with Gasteiger partial charge in [0.05, 0.1) is 19.1 Å². The van der Waals surface area contributed by atoms with E-state index in [-0.39, 0.29) is 12.5 Å². The van der Waals surface area contributed by atoms with Gasteiger partial charge in [-0.1, -0.05) is 30.3 Å². The summed E-state index contributed by atoms with van der Waals surface area (Å²) in [5.74, 6) is -0.133. The van der Waals surface area contributed by atoms with Gasteiger partial charge in [0.2, 0.25) is 21.8 Å². The smallest absolute Gasteiger partial charge is 0.244 e. The van der Waals surface area contributed by atoms with Gasteiger partial charge in [-0.05, 0) is 70.4 Å². The Morgan fingerprint density at radius 3 is 2.03 bits per heavy atom. The van der Waals surface area contributed by atoms with Gasteiger partial charge < -0.3 is 15.0 Å². The molecule has 0 heterocycles. The molecule has 35 heavy (non-hydrogen) atoms.